The Balaban J connectivity index is 0. The fourth-order valence-corrected chi connectivity index (χ4v) is 1.23. The molecule has 0 radical (unpaired) electrons. The first-order valence-electron chi connectivity index (χ1n) is 6.40. The van der Waals surface area contributed by atoms with Crippen molar-refractivity contribution in [2.24, 2.45) is 0 Å². The highest BCUT2D eigenvalue weighted by Gasteiger charge is 1.95. The summed E-state index contributed by atoms with van der Waals surface area (Å²) in [5, 5.41) is 16.4. The van der Waals surface area contributed by atoms with Crippen molar-refractivity contribution in [1.29, 1.82) is 0 Å². The van der Waals surface area contributed by atoms with Gasteiger partial charge in [-0.15, -0.1) is 0 Å². The van der Waals surface area contributed by atoms with Gasteiger partial charge < -0.3 is 10.2 Å². The van der Waals surface area contributed by atoms with E-state index in [9.17, 15) is 4.79 Å². The van der Waals surface area contributed by atoms with Gasteiger partial charge in [0, 0.05) is 12.5 Å². The molecule has 0 amide bonds. The van der Waals surface area contributed by atoms with E-state index in [0.29, 0.717) is 6.42 Å². The number of rotatable bonds is 8. The van der Waals surface area contributed by atoms with E-state index in [2.05, 4.69) is 6.92 Å². The van der Waals surface area contributed by atoms with Crippen LogP contribution < -0.4 is 0 Å². The van der Waals surface area contributed by atoms with E-state index in [1.54, 1.807) is 13.8 Å². The molecule has 0 aromatic rings. The second kappa shape index (κ2) is 14.4. The topological polar surface area (TPSA) is 57.5 Å². The number of unbranched alkanes of at least 4 members (excludes halogenated alkanes) is 6. The zero-order valence-electron chi connectivity index (χ0n) is 11.0. The zero-order valence-corrected chi connectivity index (χ0v) is 11.0. The second-order valence-electron chi connectivity index (χ2n) is 4.36. The molecule has 0 unspecified atom stereocenters. The molecule has 16 heavy (non-hydrogen) atoms. The first kappa shape index (κ1) is 17.8. The lowest BCUT2D eigenvalue weighted by Gasteiger charge is -1.98. The average molecular weight is 232 g/mol. The van der Waals surface area contributed by atoms with Gasteiger partial charge in [-0.3, -0.25) is 4.79 Å². The van der Waals surface area contributed by atoms with Gasteiger partial charge in [0.15, 0.2) is 0 Å². The van der Waals surface area contributed by atoms with E-state index in [1.165, 1.54) is 32.1 Å². The Morgan fingerprint density at radius 1 is 1.00 bits per heavy atom. The molecule has 0 heterocycles. The third-order valence-electron chi connectivity index (χ3n) is 1.99. The van der Waals surface area contributed by atoms with Gasteiger partial charge in [-0.25, -0.2) is 0 Å². The van der Waals surface area contributed by atoms with Crippen molar-refractivity contribution in [3.63, 3.8) is 0 Å². The van der Waals surface area contributed by atoms with Crippen molar-refractivity contribution < 1.29 is 15.0 Å². The summed E-state index contributed by atoms with van der Waals surface area (Å²) in [6, 6.07) is 0. The molecule has 0 aliphatic rings. The second-order valence-corrected chi connectivity index (χ2v) is 4.36. The van der Waals surface area contributed by atoms with Crippen LogP contribution >= 0.6 is 0 Å². The number of aliphatic carboxylic acids is 1. The van der Waals surface area contributed by atoms with Gasteiger partial charge in [-0.1, -0.05) is 45.4 Å². The van der Waals surface area contributed by atoms with Gasteiger partial charge >= 0.3 is 5.97 Å². The predicted octanol–water partition coefficient (Wildman–Crippen LogP) is 3.60. The highest BCUT2D eigenvalue weighted by molar-refractivity contribution is 5.66. The van der Waals surface area contributed by atoms with Gasteiger partial charge in [0.05, 0.1) is 0 Å². The first-order chi connectivity index (χ1) is 7.50. The number of carboxylic acids is 1. The van der Waals surface area contributed by atoms with E-state index in [4.69, 9.17) is 10.2 Å². The molecule has 3 nitrogen and oxygen atoms in total. The number of carboxylic acid groups (broad SMARTS) is 1. The fraction of sp³-hybridized carbons (Fsp3) is 0.923. The van der Waals surface area contributed by atoms with Gasteiger partial charge in [-0.05, 0) is 20.3 Å². The van der Waals surface area contributed by atoms with E-state index < -0.39 is 5.97 Å². The van der Waals surface area contributed by atoms with Crippen LogP contribution in [0.5, 0.6) is 0 Å². The van der Waals surface area contributed by atoms with Crippen LogP contribution in [0, 0.1) is 0 Å². The molecule has 0 aromatic heterocycles. The number of hydrogen-bond acceptors (Lipinski definition) is 2. The number of carbonyl (C=O) groups is 1. The van der Waals surface area contributed by atoms with E-state index in [1.807, 2.05) is 0 Å². The quantitative estimate of drug-likeness (QED) is 0.629. The third kappa shape index (κ3) is 29.2. The van der Waals surface area contributed by atoms with E-state index in [0.717, 1.165) is 12.8 Å². The molecule has 0 rings (SSSR count). The number of hydrogen-bond donors (Lipinski definition) is 2. The third-order valence-corrected chi connectivity index (χ3v) is 1.99. The lowest BCUT2D eigenvalue weighted by molar-refractivity contribution is -0.137. The van der Waals surface area contributed by atoms with Gasteiger partial charge in [-0.2, -0.15) is 0 Å². The van der Waals surface area contributed by atoms with Crippen LogP contribution in [0.15, 0.2) is 0 Å². The van der Waals surface area contributed by atoms with Crippen molar-refractivity contribution in [2.45, 2.75) is 78.2 Å². The lowest BCUT2D eigenvalue weighted by Crippen LogP contribution is -1.93. The summed E-state index contributed by atoms with van der Waals surface area (Å²) >= 11 is 0. The number of aliphatic hydroxyl groups excluding tert-OH is 1. The van der Waals surface area contributed by atoms with Gasteiger partial charge in [0.1, 0.15) is 0 Å². The Hall–Kier alpha value is -0.570. The molecular formula is C13H28O3. The van der Waals surface area contributed by atoms with Crippen LogP contribution in [0.2, 0.25) is 0 Å². The van der Waals surface area contributed by atoms with Crippen LogP contribution in [0.25, 0.3) is 0 Å². The van der Waals surface area contributed by atoms with Crippen LogP contribution in [0.3, 0.4) is 0 Å². The predicted molar refractivity (Wildman–Crippen MR) is 67.6 cm³/mol. The maximum atomic E-state index is 10.1. The highest BCUT2D eigenvalue weighted by Crippen LogP contribution is 2.07. The maximum Gasteiger partial charge on any atom is 0.303 e. The van der Waals surface area contributed by atoms with Crippen molar-refractivity contribution in [3.05, 3.63) is 0 Å². The minimum absolute atomic E-state index is 0.167. The van der Waals surface area contributed by atoms with Crippen molar-refractivity contribution in [3.8, 4) is 0 Å². The van der Waals surface area contributed by atoms with Crippen LogP contribution in [-0.2, 0) is 4.79 Å². The molecule has 0 saturated carbocycles. The van der Waals surface area contributed by atoms with Gasteiger partial charge in [0.25, 0.3) is 0 Å². The Labute approximate surface area is 99.9 Å². The lowest BCUT2D eigenvalue weighted by atomic mass is 10.1. The van der Waals surface area contributed by atoms with Crippen molar-refractivity contribution in [1.82, 2.24) is 0 Å². The van der Waals surface area contributed by atoms with Gasteiger partial charge in [0.2, 0.25) is 0 Å². The summed E-state index contributed by atoms with van der Waals surface area (Å²) < 4.78 is 0. The first-order valence-corrected chi connectivity index (χ1v) is 6.40. The summed E-state index contributed by atoms with van der Waals surface area (Å²) in [5.41, 5.74) is 0. The Bertz CT molecular complexity index is 141. The molecule has 0 aliphatic carbocycles. The average Bonchev–Trinajstić information content (AvgIpc) is 2.15. The molecule has 98 valence electrons. The Morgan fingerprint density at radius 3 is 1.75 bits per heavy atom. The molecule has 0 bridgehead atoms. The normalized spacial score (nSPS) is 9.81. The summed E-state index contributed by atoms with van der Waals surface area (Å²) in [5.74, 6) is -0.663. The Kier molecular flexibility index (Phi) is 16.1. The molecule has 0 aliphatic heterocycles. The molecule has 0 fully saturated rings. The summed E-state index contributed by atoms with van der Waals surface area (Å²) in [4.78, 5) is 10.1. The monoisotopic (exact) mass is 232 g/mol. The van der Waals surface area contributed by atoms with Crippen LogP contribution in [-0.4, -0.2) is 22.3 Å². The SMILES string of the molecule is CC(C)O.CCCCCCCCCC(=O)O. The van der Waals surface area contributed by atoms with Crippen LogP contribution in [0.1, 0.15) is 72.1 Å². The molecule has 0 aromatic carbocycles. The molecule has 0 atom stereocenters. The standard InChI is InChI=1S/C10H20O2.C3H8O/c1-2-3-4-5-6-7-8-9-10(11)12;1-3(2)4/h2-9H2,1H3,(H,11,12);3-4H,1-2H3. The highest BCUT2D eigenvalue weighted by atomic mass is 16.4. The van der Waals surface area contributed by atoms with Crippen LogP contribution in [0.4, 0.5) is 0 Å². The molecule has 3 heteroatoms. The fourth-order valence-electron chi connectivity index (χ4n) is 1.23. The van der Waals surface area contributed by atoms with Crippen molar-refractivity contribution >= 4 is 5.97 Å². The van der Waals surface area contributed by atoms with E-state index >= 15 is 0 Å². The smallest absolute Gasteiger partial charge is 0.303 e. The molecular weight excluding hydrogens is 204 g/mol. The maximum absolute atomic E-state index is 10.1. The Morgan fingerprint density at radius 2 is 1.38 bits per heavy atom. The summed E-state index contributed by atoms with van der Waals surface area (Å²) in [6.45, 7) is 5.64. The zero-order chi connectivity index (χ0) is 12.8. The minimum atomic E-state index is -0.663. The van der Waals surface area contributed by atoms with Crippen molar-refractivity contribution in [2.75, 3.05) is 0 Å². The molecule has 0 saturated heterocycles. The van der Waals surface area contributed by atoms with E-state index in [-0.39, 0.29) is 6.10 Å². The summed E-state index contributed by atoms with van der Waals surface area (Å²) in [6.07, 6.45) is 8.48. The largest absolute Gasteiger partial charge is 0.481 e. The molecule has 2 N–H and O–H groups in total. The number of aliphatic hydroxyl groups is 1. The summed E-state index contributed by atoms with van der Waals surface area (Å²) in [7, 11) is 0. The minimum Gasteiger partial charge on any atom is -0.481 e. The molecule has 0 spiro atoms.